The van der Waals surface area contributed by atoms with Crippen molar-refractivity contribution in [3.05, 3.63) is 4.91 Å². The molecule has 10 nitrogen and oxygen atoms in total. The summed E-state index contributed by atoms with van der Waals surface area (Å²) in [7, 11) is 0. The Kier molecular flexibility index (Phi) is 4.38. The first-order valence-corrected chi connectivity index (χ1v) is 3.41. The molecule has 10 heteroatoms. The highest BCUT2D eigenvalue weighted by Gasteiger charge is 2.29. The van der Waals surface area contributed by atoms with Crippen LogP contribution in [-0.2, 0) is 9.59 Å². The lowest BCUT2D eigenvalue weighted by atomic mass is 10.3. The number of hydrogen-bond acceptors (Lipinski definition) is 6. The number of primary amides is 2. The van der Waals surface area contributed by atoms with Gasteiger partial charge in [-0.1, -0.05) is 0 Å². The first kappa shape index (κ1) is 12.5. The molecule has 82 valence electrons. The van der Waals surface area contributed by atoms with Crippen molar-refractivity contribution in [1.29, 1.82) is 0 Å². The second kappa shape index (κ2) is 5.26. The van der Waals surface area contributed by atoms with E-state index < -0.39 is 29.9 Å². The molecule has 0 rings (SSSR count). The monoisotopic (exact) mass is 217 g/mol. The molecule has 0 radical (unpaired) electrons. The number of urea groups is 2. The second-order valence-corrected chi connectivity index (χ2v) is 2.21. The number of carbonyl (C=O) groups is 4. The van der Waals surface area contributed by atoms with Gasteiger partial charge in [-0.3, -0.25) is 20.2 Å². The second-order valence-electron chi connectivity index (χ2n) is 2.21. The lowest BCUT2D eigenvalue weighted by molar-refractivity contribution is -0.129. The third-order valence-electron chi connectivity index (χ3n) is 1.09. The Hall–Kier alpha value is -2.52. The molecule has 15 heavy (non-hydrogen) atoms. The lowest BCUT2D eigenvalue weighted by Gasteiger charge is -2.06. The molecular weight excluding hydrogens is 210 g/mol. The van der Waals surface area contributed by atoms with Gasteiger partial charge in [0.05, 0.1) is 0 Å². The van der Waals surface area contributed by atoms with Crippen LogP contribution in [0.2, 0.25) is 0 Å². The molecule has 0 aliphatic carbocycles. The molecule has 0 fully saturated rings. The molecule has 6 N–H and O–H groups in total. The van der Waals surface area contributed by atoms with E-state index >= 15 is 0 Å². The molecule has 0 bridgehead atoms. The number of nitroso groups, excluding NO2 is 1. The molecule has 0 atom stereocenters. The Labute approximate surface area is 82.3 Å². The molecule has 6 amide bonds. The van der Waals surface area contributed by atoms with Gasteiger partial charge in [0.1, 0.15) is 0 Å². The zero-order valence-corrected chi connectivity index (χ0v) is 7.22. The molecule has 0 heterocycles. The van der Waals surface area contributed by atoms with Crippen LogP contribution in [0.15, 0.2) is 5.18 Å². The summed E-state index contributed by atoms with van der Waals surface area (Å²) in [5.74, 6) is -2.70. The van der Waals surface area contributed by atoms with Gasteiger partial charge in [-0.05, 0) is 5.18 Å². The zero-order chi connectivity index (χ0) is 12.0. The number of hydrogen-bond donors (Lipinski definition) is 4. The fraction of sp³-hybridized carbons (Fsp3) is 0.200. The van der Waals surface area contributed by atoms with Crippen molar-refractivity contribution in [3.63, 3.8) is 0 Å². The third kappa shape index (κ3) is 4.31. The average Bonchev–Trinajstić information content (AvgIpc) is 2.01. The van der Waals surface area contributed by atoms with Crippen LogP contribution < -0.4 is 22.1 Å². The van der Waals surface area contributed by atoms with Gasteiger partial charge in [0.2, 0.25) is 6.04 Å². The lowest BCUT2D eigenvalue weighted by Crippen LogP contribution is -2.49. The summed E-state index contributed by atoms with van der Waals surface area (Å²) in [4.78, 5) is 52.2. The zero-order valence-electron chi connectivity index (χ0n) is 7.22. The molecular formula is C5H7N5O5. The van der Waals surface area contributed by atoms with Crippen LogP contribution in [0.1, 0.15) is 0 Å². The first-order chi connectivity index (χ1) is 6.88. The summed E-state index contributed by atoms with van der Waals surface area (Å²) < 4.78 is 0. The van der Waals surface area contributed by atoms with Crippen molar-refractivity contribution in [2.24, 2.45) is 16.6 Å². The van der Waals surface area contributed by atoms with Crippen LogP contribution in [0.4, 0.5) is 9.59 Å². The van der Waals surface area contributed by atoms with Crippen LogP contribution in [0.25, 0.3) is 0 Å². The molecule has 0 saturated heterocycles. The molecule has 0 aliphatic heterocycles. The average molecular weight is 217 g/mol. The van der Waals surface area contributed by atoms with Crippen molar-refractivity contribution in [2.45, 2.75) is 6.04 Å². The van der Waals surface area contributed by atoms with Gasteiger partial charge in [-0.25, -0.2) is 9.59 Å². The van der Waals surface area contributed by atoms with Gasteiger partial charge in [-0.2, -0.15) is 0 Å². The van der Waals surface area contributed by atoms with Crippen LogP contribution in [0.3, 0.4) is 0 Å². The maximum Gasteiger partial charge on any atom is 0.318 e. The van der Waals surface area contributed by atoms with E-state index in [1.807, 2.05) is 0 Å². The van der Waals surface area contributed by atoms with Gasteiger partial charge >= 0.3 is 12.1 Å². The normalized spacial score (nSPS) is 9.13. The molecule has 0 aromatic heterocycles. The largest absolute Gasteiger partial charge is 0.351 e. The standard InChI is InChI=1S/C5H7N5O5/c6-4(13)8-2(11)1(10-15)3(12)9-5(7)14/h1H,(H3,6,8,11,13)(H3,7,9,12,14). The predicted octanol–water partition coefficient (Wildman–Crippen LogP) is -2.49. The Bertz CT molecular complexity index is 298. The summed E-state index contributed by atoms with van der Waals surface area (Å²) in [5, 5.41) is 4.99. The fourth-order valence-corrected chi connectivity index (χ4v) is 0.594. The van der Waals surface area contributed by atoms with Gasteiger partial charge < -0.3 is 11.5 Å². The molecule has 0 aromatic carbocycles. The Morgan fingerprint density at radius 3 is 1.47 bits per heavy atom. The van der Waals surface area contributed by atoms with Crippen molar-refractivity contribution in [1.82, 2.24) is 10.6 Å². The van der Waals surface area contributed by atoms with E-state index in [1.165, 1.54) is 10.6 Å². The molecule has 0 unspecified atom stereocenters. The minimum Gasteiger partial charge on any atom is -0.351 e. The smallest absolute Gasteiger partial charge is 0.318 e. The number of imide groups is 2. The summed E-state index contributed by atoms with van der Waals surface area (Å²) in [5.41, 5.74) is 9.10. The van der Waals surface area contributed by atoms with Crippen LogP contribution in [0.5, 0.6) is 0 Å². The van der Waals surface area contributed by atoms with Gasteiger partial charge in [0.25, 0.3) is 11.8 Å². The minimum atomic E-state index is -2.11. The third-order valence-corrected chi connectivity index (χ3v) is 1.09. The number of nitrogens with two attached hydrogens (primary N) is 2. The SMILES string of the molecule is NC(=O)NC(=O)C(N=O)C(=O)NC(N)=O. The molecule has 0 saturated carbocycles. The highest BCUT2D eigenvalue weighted by molar-refractivity contribution is 6.12. The topological polar surface area (TPSA) is 174 Å². The fourth-order valence-electron chi connectivity index (χ4n) is 0.594. The summed E-state index contributed by atoms with van der Waals surface area (Å²) in [6.07, 6.45) is 0. The van der Waals surface area contributed by atoms with E-state index in [0.717, 1.165) is 0 Å². The maximum absolute atomic E-state index is 10.9. The van der Waals surface area contributed by atoms with Crippen molar-refractivity contribution < 1.29 is 19.2 Å². The number of amides is 6. The van der Waals surface area contributed by atoms with Crippen molar-refractivity contribution >= 4 is 23.9 Å². The van der Waals surface area contributed by atoms with Crippen LogP contribution in [0, 0.1) is 4.91 Å². The van der Waals surface area contributed by atoms with E-state index in [9.17, 15) is 24.1 Å². The summed E-state index contributed by atoms with van der Waals surface area (Å²) in [6, 6.07) is -4.63. The minimum absolute atomic E-state index is 1.26. The van der Waals surface area contributed by atoms with Crippen LogP contribution >= 0.6 is 0 Å². The number of nitrogens with zero attached hydrogens (tertiary/aromatic N) is 1. The van der Waals surface area contributed by atoms with E-state index in [0.29, 0.717) is 0 Å². The Morgan fingerprint density at radius 1 is 0.933 bits per heavy atom. The highest BCUT2D eigenvalue weighted by Crippen LogP contribution is 1.91. The maximum atomic E-state index is 10.9. The van der Waals surface area contributed by atoms with Gasteiger partial charge in [0, 0.05) is 0 Å². The van der Waals surface area contributed by atoms with Gasteiger partial charge in [-0.15, -0.1) is 4.91 Å². The van der Waals surface area contributed by atoms with E-state index in [2.05, 4.69) is 16.6 Å². The predicted molar refractivity (Wildman–Crippen MR) is 45.0 cm³/mol. The van der Waals surface area contributed by atoms with Gasteiger partial charge in [0.15, 0.2) is 0 Å². The number of nitrogens with one attached hydrogen (secondary N) is 2. The number of carbonyl (C=O) groups excluding carboxylic acids is 4. The summed E-state index contributed by atoms with van der Waals surface area (Å²) in [6.45, 7) is 0. The first-order valence-electron chi connectivity index (χ1n) is 3.41. The van der Waals surface area contributed by atoms with E-state index in [1.54, 1.807) is 0 Å². The molecule has 0 aromatic rings. The molecule has 0 spiro atoms. The quantitative estimate of drug-likeness (QED) is 0.301. The highest BCUT2D eigenvalue weighted by atomic mass is 16.3. The van der Waals surface area contributed by atoms with E-state index in [-0.39, 0.29) is 0 Å². The van der Waals surface area contributed by atoms with Crippen molar-refractivity contribution in [2.75, 3.05) is 0 Å². The summed E-state index contributed by atoms with van der Waals surface area (Å²) >= 11 is 0. The number of rotatable bonds is 3. The Morgan fingerprint density at radius 2 is 1.27 bits per heavy atom. The Balaban J connectivity index is 4.54. The molecule has 0 aliphatic rings. The van der Waals surface area contributed by atoms with E-state index in [4.69, 9.17) is 0 Å². The van der Waals surface area contributed by atoms with Crippen molar-refractivity contribution in [3.8, 4) is 0 Å². The van der Waals surface area contributed by atoms with Crippen LogP contribution in [-0.4, -0.2) is 29.9 Å².